The maximum absolute atomic E-state index is 12.8. The molecule has 8 heteroatoms. The second-order valence-electron chi connectivity index (χ2n) is 6.78. The van der Waals surface area contributed by atoms with Crippen LogP contribution in [-0.2, 0) is 9.59 Å². The molecule has 7 nitrogen and oxygen atoms in total. The Kier molecular flexibility index (Phi) is 5.50. The predicted octanol–water partition coefficient (Wildman–Crippen LogP) is 2.31. The van der Waals surface area contributed by atoms with Crippen molar-refractivity contribution in [2.45, 2.75) is 25.8 Å². The molecule has 2 heterocycles. The van der Waals surface area contributed by atoms with Gasteiger partial charge in [-0.2, -0.15) is 0 Å². The van der Waals surface area contributed by atoms with Crippen LogP contribution in [0.2, 0.25) is 0 Å². The number of hydrogen-bond donors (Lipinski definition) is 1. The molecule has 0 aromatic heterocycles. The van der Waals surface area contributed by atoms with Crippen molar-refractivity contribution in [3.63, 3.8) is 0 Å². The molecule has 4 amide bonds. The SMILES string of the molecule is COc1ccc(Br)cc1[C@@H]1NC(=O)N(CC(=O)N2CCC[C@@H](C)C2)C1=O. The van der Waals surface area contributed by atoms with Gasteiger partial charge < -0.3 is 15.0 Å². The lowest BCUT2D eigenvalue weighted by molar-refractivity contribution is -0.138. The van der Waals surface area contributed by atoms with Crippen molar-refractivity contribution in [2.75, 3.05) is 26.7 Å². The van der Waals surface area contributed by atoms with Crippen molar-refractivity contribution in [3.8, 4) is 5.75 Å². The number of piperidine rings is 1. The third-order valence-electron chi connectivity index (χ3n) is 4.83. The predicted molar refractivity (Wildman–Crippen MR) is 98.7 cm³/mol. The summed E-state index contributed by atoms with van der Waals surface area (Å²) in [5.41, 5.74) is 0.557. The number of benzene rings is 1. The zero-order valence-corrected chi connectivity index (χ0v) is 16.4. The van der Waals surface area contributed by atoms with Crippen LogP contribution < -0.4 is 10.1 Å². The number of hydrogen-bond acceptors (Lipinski definition) is 4. The second kappa shape index (κ2) is 7.65. The molecule has 2 fully saturated rings. The number of nitrogens with zero attached hydrogens (tertiary/aromatic N) is 2. The van der Waals surface area contributed by atoms with E-state index in [-0.39, 0.29) is 12.5 Å². The topological polar surface area (TPSA) is 79.0 Å². The molecule has 0 bridgehead atoms. The normalized spacial score (nSPS) is 23.2. The van der Waals surface area contributed by atoms with Crippen LogP contribution in [-0.4, -0.2) is 54.4 Å². The molecule has 1 aromatic carbocycles. The van der Waals surface area contributed by atoms with Crippen LogP contribution in [0, 0.1) is 5.92 Å². The average Bonchev–Trinajstić information content (AvgIpc) is 2.89. The minimum Gasteiger partial charge on any atom is -0.496 e. The van der Waals surface area contributed by atoms with Gasteiger partial charge in [-0.3, -0.25) is 14.5 Å². The van der Waals surface area contributed by atoms with Gasteiger partial charge >= 0.3 is 6.03 Å². The number of carbonyl (C=O) groups excluding carboxylic acids is 3. The number of nitrogens with one attached hydrogen (secondary N) is 1. The van der Waals surface area contributed by atoms with Gasteiger partial charge in [-0.25, -0.2) is 4.79 Å². The Morgan fingerprint density at radius 3 is 2.85 bits per heavy atom. The number of imide groups is 1. The quantitative estimate of drug-likeness (QED) is 0.753. The van der Waals surface area contributed by atoms with Crippen LogP contribution in [0.4, 0.5) is 4.79 Å². The second-order valence-corrected chi connectivity index (χ2v) is 7.70. The lowest BCUT2D eigenvalue weighted by atomic mass is 10.0. The number of rotatable bonds is 4. The number of urea groups is 1. The molecule has 3 rings (SSSR count). The first kappa shape index (κ1) is 18.7. The van der Waals surface area contributed by atoms with E-state index in [0.29, 0.717) is 30.3 Å². The maximum Gasteiger partial charge on any atom is 0.325 e. The third kappa shape index (κ3) is 3.70. The van der Waals surface area contributed by atoms with E-state index in [9.17, 15) is 14.4 Å². The fourth-order valence-electron chi connectivity index (χ4n) is 3.46. The van der Waals surface area contributed by atoms with Gasteiger partial charge in [0.05, 0.1) is 7.11 Å². The number of methoxy groups -OCH3 is 1. The zero-order chi connectivity index (χ0) is 18.8. The Labute approximate surface area is 160 Å². The lowest BCUT2D eigenvalue weighted by Crippen LogP contribution is -2.46. The number of halogens is 1. The summed E-state index contributed by atoms with van der Waals surface area (Å²) in [6.45, 7) is 3.22. The van der Waals surface area contributed by atoms with Gasteiger partial charge in [-0.15, -0.1) is 0 Å². The van der Waals surface area contributed by atoms with Crippen molar-refractivity contribution in [1.29, 1.82) is 0 Å². The Bertz CT molecular complexity index is 739. The van der Waals surface area contributed by atoms with E-state index in [1.807, 2.05) is 0 Å². The molecule has 26 heavy (non-hydrogen) atoms. The molecule has 2 saturated heterocycles. The maximum atomic E-state index is 12.8. The molecule has 0 spiro atoms. The first-order valence-corrected chi connectivity index (χ1v) is 9.43. The first-order valence-electron chi connectivity index (χ1n) is 8.63. The summed E-state index contributed by atoms with van der Waals surface area (Å²) < 4.78 is 6.07. The van der Waals surface area contributed by atoms with E-state index in [1.54, 1.807) is 23.1 Å². The highest BCUT2D eigenvalue weighted by molar-refractivity contribution is 9.10. The van der Waals surface area contributed by atoms with Crippen LogP contribution in [0.1, 0.15) is 31.4 Å². The minimum absolute atomic E-state index is 0.193. The van der Waals surface area contributed by atoms with Gasteiger partial charge in [-0.05, 0) is 37.0 Å². The first-order chi connectivity index (χ1) is 12.4. The largest absolute Gasteiger partial charge is 0.496 e. The molecular formula is C18H22BrN3O4. The fraction of sp³-hybridized carbons (Fsp3) is 0.500. The summed E-state index contributed by atoms with van der Waals surface area (Å²) in [6.07, 6.45) is 2.04. The van der Waals surface area contributed by atoms with E-state index in [1.165, 1.54) is 7.11 Å². The molecule has 2 atom stereocenters. The Hall–Kier alpha value is -2.09. The molecule has 2 aliphatic rings. The lowest BCUT2D eigenvalue weighted by Gasteiger charge is -2.31. The Morgan fingerprint density at radius 2 is 2.15 bits per heavy atom. The van der Waals surface area contributed by atoms with Crippen molar-refractivity contribution in [1.82, 2.24) is 15.1 Å². The highest BCUT2D eigenvalue weighted by Crippen LogP contribution is 2.32. The van der Waals surface area contributed by atoms with Gasteiger partial charge in [0.1, 0.15) is 18.3 Å². The van der Waals surface area contributed by atoms with Crippen molar-refractivity contribution in [3.05, 3.63) is 28.2 Å². The highest BCUT2D eigenvalue weighted by Gasteiger charge is 2.41. The van der Waals surface area contributed by atoms with Gasteiger partial charge in [0.15, 0.2) is 0 Å². The van der Waals surface area contributed by atoms with E-state index >= 15 is 0 Å². The summed E-state index contributed by atoms with van der Waals surface area (Å²) in [5.74, 6) is 0.311. The fourth-order valence-corrected chi connectivity index (χ4v) is 3.84. The standard InChI is InChI=1S/C18H22BrN3O4/c1-11-4-3-7-21(9-11)15(23)10-22-17(24)16(20-18(22)25)13-8-12(19)5-6-14(13)26-2/h5-6,8,11,16H,3-4,7,9-10H2,1-2H3,(H,20,25)/t11-,16+/m1/s1. The van der Waals surface area contributed by atoms with Gasteiger partial charge in [0.2, 0.25) is 5.91 Å². The number of likely N-dealkylation sites (tertiary alicyclic amines) is 1. The van der Waals surface area contributed by atoms with Crippen LogP contribution >= 0.6 is 15.9 Å². The molecule has 0 saturated carbocycles. The third-order valence-corrected chi connectivity index (χ3v) is 5.33. The van der Waals surface area contributed by atoms with Crippen LogP contribution in [0.3, 0.4) is 0 Å². The molecule has 0 radical (unpaired) electrons. The molecule has 2 aliphatic heterocycles. The van der Waals surface area contributed by atoms with Crippen LogP contribution in [0.5, 0.6) is 5.75 Å². The van der Waals surface area contributed by atoms with Gasteiger partial charge in [-0.1, -0.05) is 22.9 Å². The Morgan fingerprint density at radius 1 is 1.38 bits per heavy atom. The average molecular weight is 424 g/mol. The molecule has 140 valence electrons. The summed E-state index contributed by atoms with van der Waals surface area (Å²) >= 11 is 3.37. The summed E-state index contributed by atoms with van der Waals surface area (Å²) in [4.78, 5) is 40.3. The van der Waals surface area contributed by atoms with E-state index in [0.717, 1.165) is 22.2 Å². The van der Waals surface area contributed by atoms with E-state index in [2.05, 4.69) is 28.2 Å². The molecule has 0 aliphatic carbocycles. The zero-order valence-electron chi connectivity index (χ0n) is 14.8. The number of amides is 4. The summed E-state index contributed by atoms with van der Waals surface area (Å²) in [5, 5.41) is 2.65. The van der Waals surface area contributed by atoms with E-state index < -0.39 is 18.0 Å². The molecule has 1 aromatic rings. The molecule has 0 unspecified atom stereocenters. The van der Waals surface area contributed by atoms with Gasteiger partial charge in [0, 0.05) is 23.1 Å². The Balaban J connectivity index is 1.75. The van der Waals surface area contributed by atoms with Crippen LogP contribution in [0.25, 0.3) is 0 Å². The summed E-state index contributed by atoms with van der Waals surface area (Å²) in [7, 11) is 1.51. The van der Waals surface area contributed by atoms with Crippen molar-refractivity contribution in [2.24, 2.45) is 5.92 Å². The molecule has 1 N–H and O–H groups in total. The summed E-state index contributed by atoms with van der Waals surface area (Å²) in [6, 6.07) is 3.84. The molecular weight excluding hydrogens is 402 g/mol. The number of ether oxygens (including phenoxy) is 1. The van der Waals surface area contributed by atoms with Crippen LogP contribution in [0.15, 0.2) is 22.7 Å². The minimum atomic E-state index is -0.858. The van der Waals surface area contributed by atoms with Gasteiger partial charge in [0.25, 0.3) is 5.91 Å². The van der Waals surface area contributed by atoms with Crippen molar-refractivity contribution >= 4 is 33.8 Å². The number of carbonyl (C=O) groups is 3. The highest BCUT2D eigenvalue weighted by atomic mass is 79.9. The van der Waals surface area contributed by atoms with Crippen molar-refractivity contribution < 1.29 is 19.1 Å². The smallest absolute Gasteiger partial charge is 0.325 e. The van der Waals surface area contributed by atoms with E-state index in [4.69, 9.17) is 4.74 Å². The monoisotopic (exact) mass is 423 g/mol.